The van der Waals surface area contributed by atoms with Crippen molar-refractivity contribution in [3.63, 3.8) is 0 Å². The van der Waals surface area contributed by atoms with Crippen molar-refractivity contribution in [2.75, 3.05) is 46.3 Å². The van der Waals surface area contributed by atoms with Gasteiger partial charge in [0.15, 0.2) is 0 Å². The van der Waals surface area contributed by atoms with E-state index in [9.17, 15) is 0 Å². The summed E-state index contributed by atoms with van der Waals surface area (Å²) in [5.41, 5.74) is 0.398. The molecular weight excluding hydrogens is 293 g/mol. The van der Waals surface area contributed by atoms with Crippen molar-refractivity contribution in [3.05, 3.63) is 0 Å². The molecule has 3 nitrogen and oxygen atoms in total. The Kier molecular flexibility index (Phi) is 9.88. The minimum absolute atomic E-state index is 0. The summed E-state index contributed by atoms with van der Waals surface area (Å²) in [6.45, 7) is 9.05. The molecule has 1 N–H and O–H groups in total. The van der Waals surface area contributed by atoms with Crippen molar-refractivity contribution in [3.8, 4) is 11.8 Å². The van der Waals surface area contributed by atoms with Crippen LogP contribution in [-0.2, 0) is 0 Å². The number of rotatable bonds is 1. The summed E-state index contributed by atoms with van der Waals surface area (Å²) in [6, 6.07) is 0. The lowest BCUT2D eigenvalue weighted by molar-refractivity contribution is 0.0692. The zero-order valence-corrected chi connectivity index (χ0v) is 14.4. The number of hydrogen-bond donors (Lipinski definition) is 1. The van der Waals surface area contributed by atoms with Gasteiger partial charge in [0, 0.05) is 25.0 Å². The molecule has 0 unspecified atom stereocenters. The van der Waals surface area contributed by atoms with Crippen LogP contribution in [0.5, 0.6) is 0 Å². The van der Waals surface area contributed by atoms with Crippen molar-refractivity contribution in [1.29, 1.82) is 0 Å². The Bertz CT molecular complexity index is 319. The molecule has 5 heteroatoms. The average Bonchev–Trinajstić information content (AvgIpc) is 2.52. The van der Waals surface area contributed by atoms with Crippen LogP contribution >= 0.6 is 24.8 Å². The lowest BCUT2D eigenvalue weighted by Crippen LogP contribution is -2.57. The van der Waals surface area contributed by atoms with Gasteiger partial charge in [0.1, 0.15) is 0 Å². The van der Waals surface area contributed by atoms with Gasteiger partial charge < -0.3 is 5.32 Å². The first kappa shape index (κ1) is 20.0. The second-order valence-electron chi connectivity index (χ2n) is 5.67. The molecule has 0 radical (unpaired) electrons. The van der Waals surface area contributed by atoms with Crippen LogP contribution in [0.3, 0.4) is 0 Å². The van der Waals surface area contributed by atoms with Gasteiger partial charge in [-0.25, -0.2) is 0 Å². The predicted octanol–water partition coefficient (Wildman–Crippen LogP) is 2.00. The number of nitrogens with one attached hydrogen (secondary N) is 1. The molecule has 0 aromatic rings. The maximum absolute atomic E-state index is 3.49. The van der Waals surface area contributed by atoms with Crippen LogP contribution < -0.4 is 5.32 Å². The van der Waals surface area contributed by atoms with E-state index < -0.39 is 0 Å². The summed E-state index contributed by atoms with van der Waals surface area (Å²) in [7, 11) is 2.31. The van der Waals surface area contributed by atoms with E-state index in [1.165, 1.54) is 52.0 Å². The first-order valence-corrected chi connectivity index (χ1v) is 7.37. The average molecular weight is 322 g/mol. The number of likely N-dealkylation sites (N-methyl/N-ethyl adjacent to an activating group) is 1. The first-order valence-electron chi connectivity index (χ1n) is 7.37. The fraction of sp³-hybridized carbons (Fsp3) is 0.867. The van der Waals surface area contributed by atoms with Crippen LogP contribution in [0.2, 0.25) is 0 Å². The summed E-state index contributed by atoms with van der Waals surface area (Å²) >= 11 is 0. The van der Waals surface area contributed by atoms with Gasteiger partial charge in [-0.15, -0.1) is 30.7 Å². The van der Waals surface area contributed by atoms with E-state index in [4.69, 9.17) is 0 Å². The van der Waals surface area contributed by atoms with E-state index in [0.29, 0.717) is 5.54 Å². The van der Waals surface area contributed by atoms with Gasteiger partial charge in [-0.3, -0.25) is 9.80 Å². The Morgan fingerprint density at radius 1 is 1.10 bits per heavy atom. The third-order valence-electron chi connectivity index (χ3n) is 4.43. The highest BCUT2D eigenvalue weighted by Gasteiger charge is 2.38. The molecule has 2 aliphatic rings. The Hall–Kier alpha value is 0.0200. The minimum Gasteiger partial charge on any atom is -0.317 e. The molecule has 0 saturated carbocycles. The normalized spacial score (nSPS) is 22.9. The molecule has 2 fully saturated rings. The first-order chi connectivity index (χ1) is 8.77. The molecule has 0 bridgehead atoms. The smallest absolute Gasteiger partial charge is 0.0602 e. The Labute approximate surface area is 136 Å². The Balaban J connectivity index is 0.00000180. The van der Waals surface area contributed by atoms with Gasteiger partial charge in [-0.1, -0.05) is 12.8 Å². The summed E-state index contributed by atoms with van der Waals surface area (Å²) in [6.07, 6.45) is 4.81. The quantitative estimate of drug-likeness (QED) is 0.745. The SMILES string of the molecule is CCC#CCN1CCCN(C)C2(CCNCC2)C1.Cl.Cl. The molecule has 2 heterocycles. The van der Waals surface area contributed by atoms with Crippen LogP contribution in [0.25, 0.3) is 0 Å². The van der Waals surface area contributed by atoms with Crippen molar-refractivity contribution in [2.24, 2.45) is 0 Å². The maximum Gasteiger partial charge on any atom is 0.0602 e. The second kappa shape index (κ2) is 9.87. The molecule has 0 atom stereocenters. The van der Waals surface area contributed by atoms with Gasteiger partial charge in [0.2, 0.25) is 0 Å². The number of piperidine rings is 1. The fourth-order valence-electron chi connectivity index (χ4n) is 3.24. The number of nitrogens with zero attached hydrogens (tertiary/aromatic N) is 2. The van der Waals surface area contributed by atoms with Crippen LogP contribution in [0.1, 0.15) is 32.6 Å². The monoisotopic (exact) mass is 321 g/mol. The minimum atomic E-state index is 0. The maximum atomic E-state index is 3.49. The van der Waals surface area contributed by atoms with Crippen molar-refractivity contribution in [2.45, 2.75) is 38.1 Å². The third-order valence-corrected chi connectivity index (χ3v) is 4.43. The number of halogens is 2. The molecule has 2 aliphatic heterocycles. The zero-order valence-electron chi connectivity index (χ0n) is 12.8. The Morgan fingerprint density at radius 2 is 1.80 bits per heavy atom. The molecule has 0 aromatic heterocycles. The van der Waals surface area contributed by atoms with E-state index in [0.717, 1.165) is 13.0 Å². The lowest BCUT2D eigenvalue weighted by atomic mass is 9.86. The fourth-order valence-corrected chi connectivity index (χ4v) is 3.24. The van der Waals surface area contributed by atoms with Crippen LogP contribution in [0, 0.1) is 11.8 Å². The third kappa shape index (κ3) is 5.09. The van der Waals surface area contributed by atoms with Gasteiger partial charge in [-0.2, -0.15) is 0 Å². The molecule has 0 aromatic carbocycles. The van der Waals surface area contributed by atoms with E-state index in [2.05, 4.69) is 40.9 Å². The summed E-state index contributed by atoms with van der Waals surface area (Å²) in [5.74, 6) is 6.51. The second-order valence-corrected chi connectivity index (χ2v) is 5.67. The molecule has 2 saturated heterocycles. The predicted molar refractivity (Wildman–Crippen MR) is 91.1 cm³/mol. The molecule has 20 heavy (non-hydrogen) atoms. The standard InChI is InChI=1S/C15H27N3.2ClH/c1-3-4-5-12-18-13-6-11-17(2)15(14-18)7-9-16-10-8-15;;/h16H,3,6-14H2,1-2H3;2*1H. The van der Waals surface area contributed by atoms with Gasteiger partial charge in [-0.05, 0) is 45.9 Å². The van der Waals surface area contributed by atoms with Crippen molar-refractivity contribution >= 4 is 24.8 Å². The summed E-state index contributed by atoms with van der Waals surface area (Å²) in [5, 5.41) is 3.49. The summed E-state index contributed by atoms with van der Waals surface area (Å²) < 4.78 is 0. The molecule has 0 amide bonds. The molecule has 0 aliphatic carbocycles. The van der Waals surface area contributed by atoms with Gasteiger partial charge in [0.25, 0.3) is 0 Å². The van der Waals surface area contributed by atoms with Crippen molar-refractivity contribution in [1.82, 2.24) is 15.1 Å². The Morgan fingerprint density at radius 3 is 2.45 bits per heavy atom. The zero-order chi connectivity index (χ0) is 12.8. The van der Waals surface area contributed by atoms with E-state index in [1.54, 1.807) is 0 Å². The van der Waals surface area contributed by atoms with Gasteiger partial charge >= 0.3 is 0 Å². The van der Waals surface area contributed by atoms with E-state index >= 15 is 0 Å². The van der Waals surface area contributed by atoms with Crippen LogP contribution in [0.15, 0.2) is 0 Å². The molecule has 1 spiro atoms. The highest BCUT2D eigenvalue weighted by atomic mass is 35.5. The number of hydrogen-bond acceptors (Lipinski definition) is 3. The lowest BCUT2D eigenvalue weighted by Gasteiger charge is -2.45. The van der Waals surface area contributed by atoms with Crippen molar-refractivity contribution < 1.29 is 0 Å². The highest BCUT2D eigenvalue weighted by Crippen LogP contribution is 2.28. The summed E-state index contributed by atoms with van der Waals surface area (Å²) in [4.78, 5) is 5.18. The van der Waals surface area contributed by atoms with E-state index in [1.807, 2.05) is 0 Å². The molecular formula is C15H29Cl2N3. The van der Waals surface area contributed by atoms with Crippen LogP contribution in [0.4, 0.5) is 0 Å². The van der Waals surface area contributed by atoms with Crippen LogP contribution in [-0.4, -0.2) is 61.7 Å². The van der Waals surface area contributed by atoms with E-state index in [-0.39, 0.29) is 24.8 Å². The molecule has 118 valence electrons. The largest absolute Gasteiger partial charge is 0.317 e. The molecule has 2 rings (SSSR count). The topological polar surface area (TPSA) is 18.5 Å². The highest BCUT2D eigenvalue weighted by molar-refractivity contribution is 5.85. The van der Waals surface area contributed by atoms with Gasteiger partial charge in [0.05, 0.1) is 6.54 Å².